The van der Waals surface area contributed by atoms with Gasteiger partial charge in [0.25, 0.3) is 5.91 Å². The third kappa shape index (κ3) is 3.65. The molecule has 0 bridgehead atoms. The van der Waals surface area contributed by atoms with Crippen LogP contribution in [0, 0.1) is 0 Å². The van der Waals surface area contributed by atoms with Gasteiger partial charge in [0.15, 0.2) is 15.6 Å². The number of thiazole rings is 1. The van der Waals surface area contributed by atoms with Gasteiger partial charge >= 0.3 is 0 Å². The van der Waals surface area contributed by atoms with E-state index >= 15 is 0 Å². The lowest BCUT2D eigenvalue weighted by atomic mass is 10.1. The van der Waals surface area contributed by atoms with E-state index in [0.717, 1.165) is 22.3 Å². The fourth-order valence-corrected chi connectivity index (χ4v) is 4.15. The fourth-order valence-electron chi connectivity index (χ4n) is 2.84. The van der Waals surface area contributed by atoms with Crippen molar-refractivity contribution in [3.8, 4) is 0 Å². The normalized spacial score (nSPS) is 11.0. The molecule has 0 fully saturated rings. The number of nitrogens with zero attached hydrogens (tertiary/aromatic N) is 3. The summed E-state index contributed by atoms with van der Waals surface area (Å²) in [5, 5.41) is 0.633. The van der Waals surface area contributed by atoms with Crippen LogP contribution in [0.15, 0.2) is 63.8 Å². The minimum absolute atomic E-state index is 0.247. The molecule has 1 aromatic carbocycles. The Morgan fingerprint density at radius 2 is 2.07 bits per heavy atom. The van der Waals surface area contributed by atoms with E-state index in [1.807, 2.05) is 30.3 Å². The van der Waals surface area contributed by atoms with Crippen molar-refractivity contribution in [2.45, 2.75) is 19.9 Å². The van der Waals surface area contributed by atoms with Crippen LogP contribution in [0.1, 0.15) is 28.7 Å². The molecule has 0 spiro atoms. The number of hydrogen-bond acceptors (Lipinski definition) is 5. The number of rotatable bonds is 5. The molecule has 0 atom stereocenters. The van der Waals surface area contributed by atoms with E-state index in [2.05, 4.69) is 33.9 Å². The third-order valence-corrected chi connectivity index (χ3v) is 5.65. The molecule has 3 heterocycles. The van der Waals surface area contributed by atoms with Gasteiger partial charge < -0.3 is 4.42 Å². The first-order valence-corrected chi connectivity index (χ1v) is 10.1. The summed E-state index contributed by atoms with van der Waals surface area (Å²) in [6.07, 6.45) is 2.61. The number of hydrogen-bond donors (Lipinski definition) is 0. The fraction of sp³-hybridized carbons (Fsp3) is 0.150. The van der Waals surface area contributed by atoms with Crippen molar-refractivity contribution >= 4 is 48.5 Å². The molecule has 4 aromatic rings. The van der Waals surface area contributed by atoms with E-state index in [9.17, 15) is 4.79 Å². The molecule has 0 aliphatic carbocycles. The smallest absolute Gasteiger partial charge is 0.296 e. The molecular formula is C20H16BrN3O2S. The molecule has 27 heavy (non-hydrogen) atoms. The first-order chi connectivity index (χ1) is 13.2. The van der Waals surface area contributed by atoms with Crippen LogP contribution in [0.5, 0.6) is 0 Å². The summed E-state index contributed by atoms with van der Waals surface area (Å²) in [6, 6.07) is 15.1. The van der Waals surface area contributed by atoms with Gasteiger partial charge in [0, 0.05) is 6.20 Å². The Hall–Kier alpha value is -2.51. The van der Waals surface area contributed by atoms with Crippen LogP contribution in [-0.2, 0) is 13.0 Å². The maximum Gasteiger partial charge on any atom is 0.296 e. The highest BCUT2D eigenvalue weighted by atomic mass is 79.9. The number of carbonyl (C=O) groups is 1. The zero-order valence-corrected chi connectivity index (χ0v) is 17.0. The lowest BCUT2D eigenvalue weighted by Gasteiger charge is -2.18. The number of anilines is 1. The van der Waals surface area contributed by atoms with Crippen molar-refractivity contribution in [1.82, 2.24) is 9.97 Å². The standard InChI is InChI=1S/C20H16BrN3O2S/c1-2-13-6-5-8-16-18(13)23-20(27-16)24(12-14-7-3-4-11-22-14)19(25)15-9-10-17(21)26-15/h3-11H,2,12H2,1H3. The van der Waals surface area contributed by atoms with Gasteiger partial charge in [0.05, 0.1) is 22.5 Å². The first kappa shape index (κ1) is 17.9. The molecule has 7 heteroatoms. The summed E-state index contributed by atoms with van der Waals surface area (Å²) in [7, 11) is 0. The van der Waals surface area contributed by atoms with Gasteiger partial charge in [-0.2, -0.15) is 0 Å². The van der Waals surface area contributed by atoms with Gasteiger partial charge in [-0.25, -0.2) is 4.98 Å². The van der Waals surface area contributed by atoms with Crippen LogP contribution >= 0.6 is 27.3 Å². The number of aryl methyl sites for hydroxylation is 1. The molecular weight excluding hydrogens is 426 g/mol. The minimum atomic E-state index is -0.247. The summed E-state index contributed by atoms with van der Waals surface area (Å²) < 4.78 is 7.06. The number of aromatic nitrogens is 2. The first-order valence-electron chi connectivity index (χ1n) is 8.51. The Labute approximate surface area is 168 Å². The van der Waals surface area contributed by atoms with Gasteiger partial charge in [0.1, 0.15) is 0 Å². The SMILES string of the molecule is CCc1cccc2sc(N(Cc3ccccn3)C(=O)c3ccc(Br)o3)nc12. The Kier molecular flexibility index (Phi) is 5.05. The van der Waals surface area contributed by atoms with Gasteiger partial charge in [-0.3, -0.25) is 14.7 Å². The second-order valence-electron chi connectivity index (χ2n) is 5.93. The average Bonchev–Trinajstić information content (AvgIpc) is 3.32. The molecule has 0 N–H and O–H groups in total. The molecule has 0 radical (unpaired) electrons. The van der Waals surface area contributed by atoms with Crippen molar-refractivity contribution in [2.24, 2.45) is 0 Å². The highest BCUT2D eigenvalue weighted by Gasteiger charge is 2.25. The number of furan rings is 1. The van der Waals surface area contributed by atoms with E-state index in [4.69, 9.17) is 9.40 Å². The lowest BCUT2D eigenvalue weighted by Crippen LogP contribution is -2.30. The summed E-state index contributed by atoms with van der Waals surface area (Å²) >= 11 is 4.75. The third-order valence-electron chi connectivity index (χ3n) is 4.18. The van der Waals surface area contributed by atoms with Crippen molar-refractivity contribution in [3.63, 3.8) is 0 Å². The van der Waals surface area contributed by atoms with E-state index in [1.54, 1.807) is 23.2 Å². The van der Waals surface area contributed by atoms with Gasteiger partial charge in [-0.1, -0.05) is 36.5 Å². The minimum Gasteiger partial charge on any atom is -0.444 e. The second-order valence-corrected chi connectivity index (χ2v) is 7.72. The molecule has 5 nitrogen and oxygen atoms in total. The largest absolute Gasteiger partial charge is 0.444 e. The lowest BCUT2D eigenvalue weighted by molar-refractivity contribution is 0.0957. The Balaban J connectivity index is 1.78. The number of para-hydroxylation sites is 1. The Bertz CT molecular complexity index is 1090. The molecule has 0 saturated carbocycles. The maximum absolute atomic E-state index is 13.1. The summed E-state index contributed by atoms with van der Waals surface area (Å²) in [5.41, 5.74) is 2.90. The Morgan fingerprint density at radius 3 is 2.78 bits per heavy atom. The molecule has 0 aliphatic heterocycles. The van der Waals surface area contributed by atoms with E-state index in [1.165, 1.54) is 16.9 Å². The molecule has 136 valence electrons. The van der Waals surface area contributed by atoms with Crippen LogP contribution in [0.3, 0.4) is 0 Å². The number of fused-ring (bicyclic) bond motifs is 1. The van der Waals surface area contributed by atoms with Crippen LogP contribution in [-0.4, -0.2) is 15.9 Å². The van der Waals surface area contributed by atoms with Crippen LogP contribution < -0.4 is 4.90 Å². The molecule has 0 saturated heterocycles. The van der Waals surface area contributed by atoms with Crippen LogP contribution in [0.4, 0.5) is 5.13 Å². The molecule has 4 rings (SSSR count). The topological polar surface area (TPSA) is 59.2 Å². The van der Waals surface area contributed by atoms with Crippen molar-refractivity contribution < 1.29 is 9.21 Å². The van der Waals surface area contributed by atoms with Gasteiger partial charge in [-0.05, 0) is 58.2 Å². The summed E-state index contributed by atoms with van der Waals surface area (Å²) in [6.45, 7) is 2.42. The van der Waals surface area contributed by atoms with Crippen molar-refractivity contribution in [3.05, 3.63) is 76.4 Å². The number of carbonyl (C=O) groups excluding carboxylic acids is 1. The van der Waals surface area contributed by atoms with E-state index < -0.39 is 0 Å². The number of halogens is 1. The van der Waals surface area contributed by atoms with E-state index in [0.29, 0.717) is 16.3 Å². The molecule has 1 amide bonds. The quantitative estimate of drug-likeness (QED) is 0.412. The van der Waals surface area contributed by atoms with E-state index in [-0.39, 0.29) is 11.7 Å². The van der Waals surface area contributed by atoms with Gasteiger partial charge in [-0.15, -0.1) is 0 Å². The number of benzene rings is 1. The van der Waals surface area contributed by atoms with Crippen LogP contribution in [0.25, 0.3) is 10.2 Å². The zero-order valence-electron chi connectivity index (χ0n) is 14.6. The predicted octanol–water partition coefficient (Wildman–Crippen LogP) is 5.46. The zero-order chi connectivity index (χ0) is 18.8. The number of pyridine rings is 1. The van der Waals surface area contributed by atoms with Gasteiger partial charge in [0.2, 0.25) is 0 Å². The molecule has 3 aromatic heterocycles. The molecule has 0 aliphatic rings. The predicted molar refractivity (Wildman–Crippen MR) is 110 cm³/mol. The highest BCUT2D eigenvalue weighted by Crippen LogP contribution is 2.33. The molecule has 0 unspecified atom stereocenters. The number of amides is 1. The maximum atomic E-state index is 13.1. The van der Waals surface area contributed by atoms with Crippen molar-refractivity contribution in [2.75, 3.05) is 4.90 Å². The summed E-state index contributed by atoms with van der Waals surface area (Å²) in [5.74, 6) is 0.0104. The Morgan fingerprint density at radius 1 is 1.19 bits per heavy atom. The highest BCUT2D eigenvalue weighted by molar-refractivity contribution is 9.10. The van der Waals surface area contributed by atoms with Crippen LogP contribution in [0.2, 0.25) is 0 Å². The summed E-state index contributed by atoms with van der Waals surface area (Å²) in [4.78, 5) is 23.9. The second kappa shape index (κ2) is 7.62. The van der Waals surface area contributed by atoms with Crippen molar-refractivity contribution in [1.29, 1.82) is 0 Å². The monoisotopic (exact) mass is 441 g/mol. The average molecular weight is 442 g/mol.